The molecule has 0 aromatic rings. The molecule has 0 amide bonds. The second-order valence-corrected chi connectivity index (χ2v) is 4.38. The van der Waals surface area contributed by atoms with Crippen LogP contribution in [0.5, 0.6) is 0 Å². The normalized spacial score (nSPS) is 28.8. The molecular weight excluding hydrogens is 162 g/mol. The van der Waals surface area contributed by atoms with Gasteiger partial charge in [0.15, 0.2) is 0 Å². The van der Waals surface area contributed by atoms with Crippen LogP contribution in [0.1, 0.15) is 51.9 Å². The van der Waals surface area contributed by atoms with Crippen LogP contribution < -0.4 is 5.73 Å². The molecule has 0 aromatic heterocycles. The van der Waals surface area contributed by atoms with Gasteiger partial charge in [0.05, 0.1) is 0 Å². The average Bonchev–Trinajstić information content (AvgIpc) is 2.08. The lowest BCUT2D eigenvalue weighted by Gasteiger charge is -2.25. The number of hydrogen-bond donors (Lipinski definition) is 1. The van der Waals surface area contributed by atoms with Crippen molar-refractivity contribution in [2.45, 2.75) is 57.9 Å². The van der Waals surface area contributed by atoms with Crippen LogP contribution in [0, 0.1) is 5.92 Å². The van der Waals surface area contributed by atoms with E-state index in [1.165, 1.54) is 32.1 Å². The highest BCUT2D eigenvalue weighted by Gasteiger charge is 2.17. The standard InChI is InChI=1S/C11H21NO/c1-9(13)3-2-4-10-5-7-11(12)8-6-10/h10-11H,2-8,12H2,1H3. The molecule has 0 heterocycles. The summed E-state index contributed by atoms with van der Waals surface area (Å²) in [4.78, 5) is 10.7. The molecule has 0 atom stereocenters. The fourth-order valence-corrected chi connectivity index (χ4v) is 2.12. The quantitative estimate of drug-likeness (QED) is 0.726. The predicted molar refractivity (Wildman–Crippen MR) is 54.5 cm³/mol. The van der Waals surface area contributed by atoms with Crippen LogP contribution in [0.4, 0.5) is 0 Å². The zero-order valence-electron chi connectivity index (χ0n) is 8.59. The van der Waals surface area contributed by atoms with Gasteiger partial charge in [0.2, 0.25) is 0 Å². The minimum atomic E-state index is 0.326. The van der Waals surface area contributed by atoms with Crippen molar-refractivity contribution >= 4 is 5.78 Å². The Balaban J connectivity index is 2.05. The molecule has 1 rings (SSSR count). The van der Waals surface area contributed by atoms with Crippen molar-refractivity contribution in [2.75, 3.05) is 0 Å². The third-order valence-electron chi connectivity index (χ3n) is 3.03. The van der Waals surface area contributed by atoms with Crippen molar-refractivity contribution in [3.05, 3.63) is 0 Å². The van der Waals surface area contributed by atoms with E-state index in [-0.39, 0.29) is 0 Å². The fraction of sp³-hybridized carbons (Fsp3) is 0.909. The van der Waals surface area contributed by atoms with E-state index in [1.54, 1.807) is 6.92 Å². The van der Waals surface area contributed by atoms with Gasteiger partial charge in [0.25, 0.3) is 0 Å². The van der Waals surface area contributed by atoms with Gasteiger partial charge >= 0.3 is 0 Å². The smallest absolute Gasteiger partial charge is 0.129 e. The number of carbonyl (C=O) groups excluding carboxylic acids is 1. The summed E-state index contributed by atoms with van der Waals surface area (Å²) in [5, 5.41) is 0. The molecule has 2 N–H and O–H groups in total. The highest BCUT2D eigenvalue weighted by molar-refractivity contribution is 5.75. The largest absolute Gasteiger partial charge is 0.328 e. The molecular formula is C11H21NO. The SMILES string of the molecule is CC(=O)CCCC1CCC(N)CC1. The first-order valence-corrected chi connectivity index (χ1v) is 5.43. The van der Waals surface area contributed by atoms with Crippen LogP contribution in [0.3, 0.4) is 0 Å². The molecule has 1 saturated carbocycles. The maximum absolute atomic E-state index is 10.7. The molecule has 0 radical (unpaired) electrons. The van der Waals surface area contributed by atoms with Gasteiger partial charge in [-0.15, -0.1) is 0 Å². The first-order valence-electron chi connectivity index (χ1n) is 5.43. The van der Waals surface area contributed by atoms with E-state index in [0.717, 1.165) is 18.8 Å². The number of nitrogens with two attached hydrogens (primary N) is 1. The lowest BCUT2D eigenvalue weighted by Crippen LogP contribution is -2.26. The summed E-state index contributed by atoms with van der Waals surface area (Å²) in [5.74, 6) is 1.17. The second kappa shape index (κ2) is 5.38. The van der Waals surface area contributed by atoms with Crippen LogP contribution in [0.25, 0.3) is 0 Å². The van der Waals surface area contributed by atoms with E-state index < -0.39 is 0 Å². The minimum Gasteiger partial charge on any atom is -0.328 e. The van der Waals surface area contributed by atoms with E-state index in [1.807, 2.05) is 0 Å². The monoisotopic (exact) mass is 183 g/mol. The highest BCUT2D eigenvalue weighted by Crippen LogP contribution is 2.27. The molecule has 1 fully saturated rings. The zero-order valence-corrected chi connectivity index (χ0v) is 8.59. The van der Waals surface area contributed by atoms with E-state index in [0.29, 0.717) is 11.8 Å². The number of carbonyl (C=O) groups is 1. The van der Waals surface area contributed by atoms with Gasteiger partial charge in [-0.2, -0.15) is 0 Å². The van der Waals surface area contributed by atoms with Crippen molar-refractivity contribution in [1.82, 2.24) is 0 Å². The molecule has 0 aromatic carbocycles. The third kappa shape index (κ3) is 4.41. The van der Waals surface area contributed by atoms with Crippen molar-refractivity contribution < 1.29 is 4.79 Å². The summed E-state index contributed by atoms with van der Waals surface area (Å²) in [6, 6.07) is 0.448. The summed E-state index contributed by atoms with van der Waals surface area (Å²) in [6.07, 6.45) is 8.00. The Morgan fingerprint density at radius 2 is 1.92 bits per heavy atom. The Morgan fingerprint density at radius 3 is 2.46 bits per heavy atom. The molecule has 1 aliphatic rings. The maximum atomic E-state index is 10.7. The topological polar surface area (TPSA) is 43.1 Å². The van der Waals surface area contributed by atoms with Gasteiger partial charge in [0, 0.05) is 12.5 Å². The molecule has 2 heteroatoms. The molecule has 2 nitrogen and oxygen atoms in total. The van der Waals surface area contributed by atoms with Gasteiger partial charge in [-0.1, -0.05) is 6.42 Å². The van der Waals surface area contributed by atoms with E-state index in [2.05, 4.69) is 0 Å². The Kier molecular flexibility index (Phi) is 4.43. The fourth-order valence-electron chi connectivity index (χ4n) is 2.12. The minimum absolute atomic E-state index is 0.326. The van der Waals surface area contributed by atoms with Crippen LogP contribution in [0.15, 0.2) is 0 Å². The molecule has 1 aliphatic carbocycles. The zero-order chi connectivity index (χ0) is 9.68. The molecule has 0 spiro atoms. The lowest BCUT2D eigenvalue weighted by molar-refractivity contribution is -0.117. The summed E-state index contributed by atoms with van der Waals surface area (Å²) < 4.78 is 0. The number of rotatable bonds is 4. The summed E-state index contributed by atoms with van der Waals surface area (Å²) in [5.41, 5.74) is 5.82. The summed E-state index contributed by atoms with van der Waals surface area (Å²) in [7, 11) is 0. The second-order valence-electron chi connectivity index (χ2n) is 4.38. The van der Waals surface area contributed by atoms with Gasteiger partial charge < -0.3 is 10.5 Å². The van der Waals surface area contributed by atoms with Gasteiger partial charge in [-0.3, -0.25) is 0 Å². The third-order valence-corrected chi connectivity index (χ3v) is 3.03. The Bertz CT molecular complexity index is 159. The molecule has 0 bridgehead atoms. The molecule has 0 unspecified atom stereocenters. The number of hydrogen-bond acceptors (Lipinski definition) is 2. The molecule has 0 aliphatic heterocycles. The van der Waals surface area contributed by atoms with Gasteiger partial charge in [-0.05, 0) is 44.9 Å². The maximum Gasteiger partial charge on any atom is 0.129 e. The Labute approximate surface area is 80.9 Å². The lowest BCUT2D eigenvalue weighted by atomic mass is 9.83. The predicted octanol–water partition coefficient (Wildman–Crippen LogP) is 2.26. The van der Waals surface area contributed by atoms with Crippen LogP contribution in [-0.4, -0.2) is 11.8 Å². The molecule has 0 saturated heterocycles. The Morgan fingerprint density at radius 1 is 1.31 bits per heavy atom. The van der Waals surface area contributed by atoms with E-state index >= 15 is 0 Å². The van der Waals surface area contributed by atoms with Crippen LogP contribution in [0.2, 0.25) is 0 Å². The van der Waals surface area contributed by atoms with Crippen LogP contribution >= 0.6 is 0 Å². The summed E-state index contributed by atoms with van der Waals surface area (Å²) >= 11 is 0. The van der Waals surface area contributed by atoms with Crippen molar-refractivity contribution in [3.8, 4) is 0 Å². The van der Waals surface area contributed by atoms with Gasteiger partial charge in [0.1, 0.15) is 5.78 Å². The molecule has 13 heavy (non-hydrogen) atoms. The number of Topliss-reactive ketones (excluding diaryl/α,β-unsaturated/α-hetero) is 1. The van der Waals surface area contributed by atoms with Crippen molar-refractivity contribution in [3.63, 3.8) is 0 Å². The number of ketones is 1. The van der Waals surface area contributed by atoms with Crippen molar-refractivity contribution in [2.24, 2.45) is 11.7 Å². The average molecular weight is 183 g/mol. The van der Waals surface area contributed by atoms with Crippen LogP contribution in [-0.2, 0) is 4.79 Å². The first-order chi connectivity index (χ1) is 6.18. The van der Waals surface area contributed by atoms with E-state index in [9.17, 15) is 4.79 Å². The Hall–Kier alpha value is -0.370. The molecule has 76 valence electrons. The van der Waals surface area contributed by atoms with Crippen molar-refractivity contribution in [1.29, 1.82) is 0 Å². The first kappa shape index (κ1) is 10.7. The van der Waals surface area contributed by atoms with Gasteiger partial charge in [-0.25, -0.2) is 0 Å². The highest BCUT2D eigenvalue weighted by atomic mass is 16.1. The summed E-state index contributed by atoms with van der Waals surface area (Å²) in [6.45, 7) is 1.68. The van der Waals surface area contributed by atoms with E-state index in [4.69, 9.17) is 5.73 Å².